The van der Waals surface area contributed by atoms with Gasteiger partial charge in [0.05, 0.1) is 5.02 Å². The summed E-state index contributed by atoms with van der Waals surface area (Å²) in [4.78, 5) is 17.2. The average molecular weight is 255 g/mol. The van der Waals surface area contributed by atoms with Crippen molar-refractivity contribution in [1.29, 1.82) is 0 Å². The van der Waals surface area contributed by atoms with Crippen LogP contribution in [0.5, 0.6) is 0 Å². The van der Waals surface area contributed by atoms with Crippen LogP contribution in [0.3, 0.4) is 0 Å². The molecule has 2 aromatic rings. The van der Waals surface area contributed by atoms with E-state index in [9.17, 15) is 9.18 Å². The smallest absolute Gasteiger partial charge is 0.254 e. The van der Waals surface area contributed by atoms with E-state index in [1.807, 2.05) is 0 Å². The summed E-state index contributed by atoms with van der Waals surface area (Å²) in [6.07, 6.45) is 0. The van der Waals surface area contributed by atoms with Gasteiger partial charge >= 0.3 is 0 Å². The Labute approximate surface area is 100 Å². The monoisotopic (exact) mass is 254 g/mol. The number of H-pyrrole nitrogens is 1. The predicted molar refractivity (Wildman–Crippen MR) is 64.0 cm³/mol. The van der Waals surface area contributed by atoms with Crippen molar-refractivity contribution in [3.05, 3.63) is 45.5 Å². The molecule has 1 heterocycles. The number of aromatic nitrogens is 2. The van der Waals surface area contributed by atoms with E-state index in [1.54, 1.807) is 6.07 Å². The van der Waals surface area contributed by atoms with Crippen LogP contribution in [0.15, 0.2) is 29.1 Å². The van der Waals surface area contributed by atoms with Gasteiger partial charge in [-0.3, -0.25) is 9.78 Å². The van der Waals surface area contributed by atoms with Crippen molar-refractivity contribution >= 4 is 29.1 Å². The van der Waals surface area contributed by atoms with E-state index < -0.39 is 11.4 Å². The topological polar surface area (TPSA) is 83.8 Å². The molecule has 88 valence electrons. The Morgan fingerprint density at radius 2 is 2.18 bits per heavy atom. The summed E-state index contributed by atoms with van der Waals surface area (Å²) >= 11 is 5.54. The molecule has 1 aromatic heterocycles. The summed E-state index contributed by atoms with van der Waals surface area (Å²) in [6.45, 7) is 0. The zero-order valence-corrected chi connectivity index (χ0v) is 9.25. The number of rotatable bonds is 2. The lowest BCUT2D eigenvalue weighted by atomic mass is 10.3. The third-order valence-corrected chi connectivity index (χ3v) is 2.26. The Hall–Kier alpha value is -2.08. The van der Waals surface area contributed by atoms with Crippen molar-refractivity contribution in [1.82, 2.24) is 9.97 Å². The largest absolute Gasteiger partial charge is 0.369 e. The highest BCUT2D eigenvalue weighted by Gasteiger charge is 2.03. The van der Waals surface area contributed by atoms with Gasteiger partial charge in [-0.15, -0.1) is 0 Å². The zero-order valence-electron chi connectivity index (χ0n) is 8.50. The van der Waals surface area contributed by atoms with E-state index in [4.69, 9.17) is 17.3 Å². The minimum absolute atomic E-state index is 0.0190. The quantitative estimate of drug-likeness (QED) is 0.764. The molecule has 0 amide bonds. The normalized spacial score (nSPS) is 10.2. The Bertz CT molecular complexity index is 613. The number of aromatic amines is 1. The second kappa shape index (κ2) is 4.42. The number of hydrogen-bond acceptors (Lipinski definition) is 4. The molecule has 0 radical (unpaired) electrons. The van der Waals surface area contributed by atoms with Crippen molar-refractivity contribution in [3.8, 4) is 0 Å². The zero-order chi connectivity index (χ0) is 12.4. The Kier molecular flexibility index (Phi) is 2.97. The molecule has 1 aromatic carbocycles. The van der Waals surface area contributed by atoms with Gasteiger partial charge in [-0.2, -0.15) is 4.98 Å². The van der Waals surface area contributed by atoms with Gasteiger partial charge in [0.1, 0.15) is 11.6 Å². The van der Waals surface area contributed by atoms with Crippen LogP contribution >= 0.6 is 11.6 Å². The molecule has 7 heteroatoms. The standard InChI is InChI=1S/C10H8ClFN4O/c11-6-2-1-5(3-7(6)12)14-8-4-9(17)16-10(13)15-8/h1-4H,(H4,13,14,15,16,17). The maximum absolute atomic E-state index is 13.2. The van der Waals surface area contributed by atoms with E-state index in [0.717, 1.165) is 0 Å². The first-order chi connectivity index (χ1) is 8.04. The third-order valence-electron chi connectivity index (χ3n) is 1.95. The first-order valence-electron chi connectivity index (χ1n) is 4.63. The molecule has 17 heavy (non-hydrogen) atoms. The average Bonchev–Trinajstić information content (AvgIpc) is 2.22. The van der Waals surface area contributed by atoms with Crippen LogP contribution in [0.2, 0.25) is 5.02 Å². The highest BCUT2D eigenvalue weighted by Crippen LogP contribution is 2.20. The number of halogens is 2. The lowest BCUT2D eigenvalue weighted by molar-refractivity contribution is 0.629. The Morgan fingerprint density at radius 1 is 1.41 bits per heavy atom. The van der Waals surface area contributed by atoms with Crippen molar-refractivity contribution in [3.63, 3.8) is 0 Å². The van der Waals surface area contributed by atoms with E-state index in [2.05, 4.69) is 15.3 Å². The minimum atomic E-state index is -0.561. The number of benzene rings is 1. The van der Waals surface area contributed by atoms with E-state index in [1.165, 1.54) is 18.2 Å². The van der Waals surface area contributed by atoms with Crippen LogP contribution in [0, 0.1) is 5.82 Å². The van der Waals surface area contributed by atoms with Crippen molar-refractivity contribution in [2.75, 3.05) is 11.1 Å². The number of nitrogens with two attached hydrogens (primary N) is 1. The summed E-state index contributed by atoms with van der Waals surface area (Å²) in [7, 11) is 0. The summed E-state index contributed by atoms with van der Waals surface area (Å²) in [6, 6.07) is 5.37. The number of nitrogens with zero attached hydrogens (tertiary/aromatic N) is 1. The number of hydrogen-bond donors (Lipinski definition) is 3. The van der Waals surface area contributed by atoms with E-state index in [0.29, 0.717) is 5.69 Å². The van der Waals surface area contributed by atoms with Gasteiger partial charge in [0, 0.05) is 11.8 Å². The maximum atomic E-state index is 13.2. The molecule has 0 aliphatic heterocycles. The minimum Gasteiger partial charge on any atom is -0.369 e. The van der Waals surface area contributed by atoms with Gasteiger partial charge in [-0.1, -0.05) is 11.6 Å². The van der Waals surface area contributed by atoms with Crippen molar-refractivity contribution < 1.29 is 4.39 Å². The second-order valence-electron chi connectivity index (χ2n) is 3.27. The van der Waals surface area contributed by atoms with E-state index >= 15 is 0 Å². The van der Waals surface area contributed by atoms with E-state index in [-0.39, 0.29) is 16.8 Å². The van der Waals surface area contributed by atoms with Gasteiger partial charge in [-0.05, 0) is 18.2 Å². The molecule has 0 unspecified atom stereocenters. The molecule has 2 rings (SSSR count). The fourth-order valence-corrected chi connectivity index (χ4v) is 1.38. The molecule has 0 spiro atoms. The predicted octanol–water partition coefficient (Wildman–Crippen LogP) is 1.89. The van der Waals surface area contributed by atoms with Gasteiger partial charge < -0.3 is 11.1 Å². The maximum Gasteiger partial charge on any atom is 0.254 e. The van der Waals surface area contributed by atoms with Crippen LogP contribution in [0.1, 0.15) is 0 Å². The van der Waals surface area contributed by atoms with Gasteiger partial charge in [0.2, 0.25) is 5.95 Å². The lowest BCUT2D eigenvalue weighted by Gasteiger charge is -2.06. The Morgan fingerprint density at radius 3 is 2.82 bits per heavy atom. The summed E-state index contributed by atoms with van der Waals surface area (Å²) in [5, 5.41) is 2.77. The summed E-state index contributed by atoms with van der Waals surface area (Å²) < 4.78 is 13.2. The highest BCUT2D eigenvalue weighted by molar-refractivity contribution is 6.30. The van der Waals surface area contributed by atoms with Crippen LogP contribution in [0.4, 0.5) is 21.8 Å². The molecule has 0 atom stereocenters. The molecule has 0 saturated heterocycles. The molecule has 0 fully saturated rings. The van der Waals surface area contributed by atoms with Crippen molar-refractivity contribution in [2.24, 2.45) is 0 Å². The van der Waals surface area contributed by atoms with Crippen molar-refractivity contribution in [2.45, 2.75) is 0 Å². The molecular weight excluding hydrogens is 247 g/mol. The number of nitrogens with one attached hydrogen (secondary N) is 2. The SMILES string of the molecule is Nc1nc(Nc2ccc(Cl)c(F)c2)cc(=O)[nH]1. The molecule has 5 nitrogen and oxygen atoms in total. The summed E-state index contributed by atoms with van der Waals surface area (Å²) in [5.41, 5.74) is 5.39. The Balaban J connectivity index is 2.31. The lowest BCUT2D eigenvalue weighted by Crippen LogP contribution is -2.11. The number of nitrogen functional groups attached to an aromatic ring is 1. The first-order valence-corrected chi connectivity index (χ1v) is 5.01. The van der Waals surface area contributed by atoms with Crippen LogP contribution in [0.25, 0.3) is 0 Å². The summed E-state index contributed by atoms with van der Waals surface area (Å²) in [5.74, 6) is -0.350. The second-order valence-corrected chi connectivity index (χ2v) is 3.68. The van der Waals surface area contributed by atoms with Crippen LogP contribution < -0.4 is 16.6 Å². The first kappa shape index (κ1) is 11.4. The van der Waals surface area contributed by atoms with Crippen LogP contribution in [-0.4, -0.2) is 9.97 Å². The molecule has 0 aliphatic rings. The molecule has 0 bridgehead atoms. The van der Waals surface area contributed by atoms with Gasteiger partial charge in [0.15, 0.2) is 0 Å². The molecule has 4 N–H and O–H groups in total. The fourth-order valence-electron chi connectivity index (χ4n) is 1.26. The highest BCUT2D eigenvalue weighted by atomic mass is 35.5. The molecule has 0 saturated carbocycles. The van der Waals surface area contributed by atoms with Gasteiger partial charge in [0.25, 0.3) is 5.56 Å². The number of anilines is 3. The van der Waals surface area contributed by atoms with Crippen LogP contribution in [-0.2, 0) is 0 Å². The fraction of sp³-hybridized carbons (Fsp3) is 0. The van der Waals surface area contributed by atoms with Gasteiger partial charge in [-0.25, -0.2) is 4.39 Å². The molecule has 0 aliphatic carbocycles. The molecular formula is C10H8ClFN4O. The third kappa shape index (κ3) is 2.73.